The van der Waals surface area contributed by atoms with Gasteiger partial charge in [-0.05, 0) is 31.7 Å². The highest BCUT2D eigenvalue weighted by molar-refractivity contribution is 5.37. The van der Waals surface area contributed by atoms with Crippen molar-refractivity contribution in [1.82, 2.24) is 15.1 Å². The topological polar surface area (TPSA) is 29.9 Å². The van der Waals surface area contributed by atoms with E-state index in [1.165, 1.54) is 10.7 Å². The Bertz CT molecular complexity index is 588. The molecule has 0 spiro atoms. The lowest BCUT2D eigenvalue weighted by Crippen LogP contribution is -2.11. The maximum atomic E-state index is 12.7. The van der Waals surface area contributed by atoms with E-state index in [1.54, 1.807) is 12.3 Å². The van der Waals surface area contributed by atoms with Crippen LogP contribution in [-0.2, 0) is 12.7 Å². The van der Waals surface area contributed by atoms with Crippen molar-refractivity contribution in [3.8, 4) is 5.69 Å². The maximum Gasteiger partial charge on any atom is 0.416 e. The molecule has 6 heteroatoms. The lowest BCUT2D eigenvalue weighted by Gasteiger charge is -2.08. The van der Waals surface area contributed by atoms with Gasteiger partial charge in [-0.3, -0.25) is 0 Å². The van der Waals surface area contributed by atoms with Crippen molar-refractivity contribution in [3.63, 3.8) is 0 Å². The van der Waals surface area contributed by atoms with Gasteiger partial charge in [-0.1, -0.05) is 13.0 Å². The van der Waals surface area contributed by atoms with Crippen molar-refractivity contribution in [1.29, 1.82) is 0 Å². The first-order chi connectivity index (χ1) is 9.41. The molecular formula is C14H16F3N3. The molecule has 0 bridgehead atoms. The van der Waals surface area contributed by atoms with E-state index in [0.717, 1.165) is 29.9 Å². The van der Waals surface area contributed by atoms with Crippen LogP contribution in [0.15, 0.2) is 30.5 Å². The number of nitrogens with zero attached hydrogens (tertiary/aromatic N) is 2. The second-order valence-corrected chi connectivity index (χ2v) is 4.51. The summed E-state index contributed by atoms with van der Waals surface area (Å²) in [5.41, 5.74) is 1.52. The molecule has 0 unspecified atom stereocenters. The molecule has 1 aromatic heterocycles. The maximum absolute atomic E-state index is 12.7. The average molecular weight is 283 g/mol. The van der Waals surface area contributed by atoms with Crippen LogP contribution in [0, 0.1) is 6.92 Å². The minimum Gasteiger partial charge on any atom is -0.313 e. The first kappa shape index (κ1) is 14.6. The number of hydrogen-bond acceptors (Lipinski definition) is 2. The summed E-state index contributed by atoms with van der Waals surface area (Å²) in [5.74, 6) is 0. The second-order valence-electron chi connectivity index (χ2n) is 4.51. The molecule has 0 aliphatic rings. The van der Waals surface area contributed by atoms with Crippen LogP contribution in [0.25, 0.3) is 5.69 Å². The third-order valence-corrected chi connectivity index (χ3v) is 3.00. The van der Waals surface area contributed by atoms with Crippen molar-refractivity contribution in [3.05, 3.63) is 47.3 Å². The molecule has 0 radical (unpaired) electrons. The number of aryl methyl sites for hydroxylation is 1. The minimum absolute atomic E-state index is 0.408. The van der Waals surface area contributed by atoms with Crippen molar-refractivity contribution in [2.75, 3.05) is 6.54 Å². The van der Waals surface area contributed by atoms with Crippen molar-refractivity contribution >= 4 is 0 Å². The summed E-state index contributed by atoms with van der Waals surface area (Å²) >= 11 is 0. The van der Waals surface area contributed by atoms with Crippen molar-refractivity contribution in [2.45, 2.75) is 26.6 Å². The third kappa shape index (κ3) is 3.19. The Balaban J connectivity index is 2.32. The molecule has 0 aliphatic carbocycles. The molecule has 3 nitrogen and oxygen atoms in total. The lowest BCUT2D eigenvalue weighted by molar-refractivity contribution is -0.137. The molecule has 0 aliphatic heterocycles. The lowest BCUT2D eigenvalue weighted by atomic mass is 10.2. The number of halogens is 3. The van der Waals surface area contributed by atoms with Crippen LogP contribution < -0.4 is 5.32 Å². The van der Waals surface area contributed by atoms with E-state index in [2.05, 4.69) is 10.4 Å². The van der Waals surface area contributed by atoms with Crippen molar-refractivity contribution < 1.29 is 13.2 Å². The van der Waals surface area contributed by atoms with Gasteiger partial charge in [0.05, 0.1) is 16.9 Å². The van der Waals surface area contributed by atoms with Gasteiger partial charge in [-0.25, -0.2) is 4.68 Å². The highest BCUT2D eigenvalue weighted by atomic mass is 19.4. The van der Waals surface area contributed by atoms with E-state index >= 15 is 0 Å². The Kier molecular flexibility index (Phi) is 4.13. The first-order valence-electron chi connectivity index (χ1n) is 6.35. The van der Waals surface area contributed by atoms with Crippen LogP contribution in [0.3, 0.4) is 0 Å². The molecule has 1 aromatic carbocycles. The fraction of sp³-hybridized carbons (Fsp3) is 0.357. The van der Waals surface area contributed by atoms with Crippen LogP contribution in [0.1, 0.15) is 23.7 Å². The largest absolute Gasteiger partial charge is 0.416 e. The summed E-state index contributed by atoms with van der Waals surface area (Å²) < 4.78 is 39.6. The van der Waals surface area contributed by atoms with Gasteiger partial charge in [0.15, 0.2) is 0 Å². The zero-order valence-electron chi connectivity index (χ0n) is 11.3. The highest BCUT2D eigenvalue weighted by Gasteiger charge is 2.30. The van der Waals surface area contributed by atoms with Crippen LogP contribution in [0.5, 0.6) is 0 Å². The number of rotatable bonds is 4. The molecule has 0 saturated heterocycles. The summed E-state index contributed by atoms with van der Waals surface area (Å²) in [7, 11) is 0. The van der Waals surface area contributed by atoms with E-state index < -0.39 is 11.7 Å². The van der Waals surface area contributed by atoms with Gasteiger partial charge in [-0.15, -0.1) is 0 Å². The standard InChI is InChI=1S/C14H16F3N3/c1-3-18-8-11-9-20(19-10(11)2)13-6-4-5-12(7-13)14(15,16)17/h4-7,9,18H,3,8H2,1-2H3. The summed E-state index contributed by atoms with van der Waals surface area (Å²) in [5, 5.41) is 7.44. The van der Waals surface area contributed by atoms with E-state index in [-0.39, 0.29) is 0 Å². The average Bonchev–Trinajstić information content (AvgIpc) is 2.77. The Morgan fingerprint density at radius 2 is 2.05 bits per heavy atom. The number of hydrogen-bond donors (Lipinski definition) is 1. The number of benzene rings is 1. The summed E-state index contributed by atoms with van der Waals surface area (Å²) in [6.07, 6.45) is -2.59. The quantitative estimate of drug-likeness (QED) is 0.933. The fourth-order valence-electron chi connectivity index (χ4n) is 1.89. The van der Waals surface area contributed by atoms with Gasteiger partial charge in [0, 0.05) is 18.3 Å². The second kappa shape index (κ2) is 5.66. The molecular weight excluding hydrogens is 267 g/mol. The number of nitrogens with one attached hydrogen (secondary N) is 1. The third-order valence-electron chi connectivity index (χ3n) is 3.00. The Morgan fingerprint density at radius 3 is 2.70 bits per heavy atom. The number of alkyl halides is 3. The van der Waals surface area contributed by atoms with Gasteiger partial charge in [0.1, 0.15) is 0 Å². The van der Waals surface area contributed by atoms with E-state index in [9.17, 15) is 13.2 Å². The molecule has 108 valence electrons. The zero-order valence-corrected chi connectivity index (χ0v) is 11.3. The summed E-state index contributed by atoms with van der Waals surface area (Å²) in [6, 6.07) is 5.15. The summed E-state index contributed by atoms with van der Waals surface area (Å²) in [6.45, 7) is 5.32. The first-order valence-corrected chi connectivity index (χ1v) is 6.35. The van der Waals surface area contributed by atoms with Crippen LogP contribution >= 0.6 is 0 Å². The molecule has 1 heterocycles. The van der Waals surface area contributed by atoms with Gasteiger partial charge < -0.3 is 5.32 Å². The minimum atomic E-state index is -4.34. The molecule has 0 saturated carbocycles. The molecule has 2 rings (SSSR count). The van der Waals surface area contributed by atoms with Crippen LogP contribution in [0.2, 0.25) is 0 Å². The van der Waals surface area contributed by atoms with Crippen molar-refractivity contribution in [2.24, 2.45) is 0 Å². The zero-order chi connectivity index (χ0) is 14.8. The normalized spacial score (nSPS) is 11.8. The predicted molar refractivity (Wildman–Crippen MR) is 70.7 cm³/mol. The SMILES string of the molecule is CCNCc1cn(-c2cccc(C(F)(F)F)c2)nc1C. The molecule has 0 fully saturated rings. The van der Waals surface area contributed by atoms with Crippen LogP contribution in [-0.4, -0.2) is 16.3 Å². The van der Waals surface area contributed by atoms with Gasteiger partial charge in [0.25, 0.3) is 0 Å². The van der Waals surface area contributed by atoms with E-state index in [0.29, 0.717) is 12.2 Å². The molecule has 0 atom stereocenters. The fourth-order valence-corrected chi connectivity index (χ4v) is 1.89. The van der Waals surface area contributed by atoms with Gasteiger partial charge >= 0.3 is 6.18 Å². The van der Waals surface area contributed by atoms with Gasteiger partial charge in [-0.2, -0.15) is 18.3 Å². The smallest absolute Gasteiger partial charge is 0.313 e. The Morgan fingerprint density at radius 1 is 1.30 bits per heavy atom. The van der Waals surface area contributed by atoms with Gasteiger partial charge in [0.2, 0.25) is 0 Å². The Hall–Kier alpha value is -1.82. The molecule has 1 N–H and O–H groups in total. The summed E-state index contributed by atoms with van der Waals surface area (Å²) in [4.78, 5) is 0. The molecule has 0 amide bonds. The molecule has 2 aromatic rings. The van der Waals surface area contributed by atoms with E-state index in [4.69, 9.17) is 0 Å². The Labute approximate surface area is 115 Å². The monoisotopic (exact) mass is 283 g/mol. The van der Waals surface area contributed by atoms with E-state index in [1.807, 2.05) is 13.8 Å². The van der Waals surface area contributed by atoms with Crippen LogP contribution in [0.4, 0.5) is 13.2 Å². The highest BCUT2D eigenvalue weighted by Crippen LogP contribution is 2.30. The predicted octanol–water partition coefficient (Wildman–Crippen LogP) is 3.31. The number of aromatic nitrogens is 2. The molecule has 20 heavy (non-hydrogen) atoms.